The van der Waals surface area contributed by atoms with Crippen molar-refractivity contribution >= 4 is 6.08 Å². The lowest BCUT2D eigenvalue weighted by Crippen LogP contribution is -2.06. The standard InChI is InChI=1S/C12H17N/c1-3-4-7-11-8-5-6-9-12(11)10-13-2/h4-9,13H,3,10H2,1-2H3/b7-4-. The van der Waals surface area contributed by atoms with Crippen molar-refractivity contribution in [1.29, 1.82) is 0 Å². The molecule has 0 bridgehead atoms. The summed E-state index contributed by atoms with van der Waals surface area (Å²) in [5.41, 5.74) is 2.67. The molecule has 0 fully saturated rings. The lowest BCUT2D eigenvalue weighted by atomic mass is 10.1. The van der Waals surface area contributed by atoms with Crippen LogP contribution >= 0.6 is 0 Å². The van der Waals surface area contributed by atoms with Crippen LogP contribution in [0, 0.1) is 0 Å². The summed E-state index contributed by atoms with van der Waals surface area (Å²) in [5, 5.41) is 3.17. The van der Waals surface area contributed by atoms with Gasteiger partial charge in [-0.1, -0.05) is 43.3 Å². The van der Waals surface area contributed by atoms with Crippen molar-refractivity contribution < 1.29 is 0 Å². The zero-order chi connectivity index (χ0) is 9.52. The van der Waals surface area contributed by atoms with Crippen molar-refractivity contribution in [2.45, 2.75) is 19.9 Å². The fraction of sp³-hybridized carbons (Fsp3) is 0.333. The Morgan fingerprint density at radius 2 is 2.08 bits per heavy atom. The topological polar surface area (TPSA) is 12.0 Å². The largest absolute Gasteiger partial charge is 0.316 e. The van der Waals surface area contributed by atoms with Gasteiger partial charge >= 0.3 is 0 Å². The Labute approximate surface area is 80.5 Å². The highest BCUT2D eigenvalue weighted by Crippen LogP contribution is 2.10. The van der Waals surface area contributed by atoms with E-state index < -0.39 is 0 Å². The summed E-state index contributed by atoms with van der Waals surface area (Å²) in [6.45, 7) is 3.08. The van der Waals surface area contributed by atoms with E-state index >= 15 is 0 Å². The van der Waals surface area contributed by atoms with Gasteiger partial charge in [-0.05, 0) is 24.6 Å². The van der Waals surface area contributed by atoms with Gasteiger partial charge in [0.15, 0.2) is 0 Å². The van der Waals surface area contributed by atoms with Crippen LogP contribution in [0.15, 0.2) is 30.3 Å². The predicted octanol–water partition coefficient (Wildman–Crippen LogP) is 2.83. The van der Waals surface area contributed by atoms with Crippen LogP contribution in [0.4, 0.5) is 0 Å². The molecule has 1 N–H and O–H groups in total. The van der Waals surface area contributed by atoms with Crippen LogP contribution in [0.25, 0.3) is 6.08 Å². The first-order chi connectivity index (χ1) is 6.38. The number of benzene rings is 1. The van der Waals surface area contributed by atoms with Crippen LogP contribution in [0.5, 0.6) is 0 Å². The molecule has 0 saturated carbocycles. The fourth-order valence-corrected chi connectivity index (χ4v) is 1.29. The molecule has 0 saturated heterocycles. The zero-order valence-corrected chi connectivity index (χ0v) is 8.38. The average molecular weight is 175 g/mol. The highest BCUT2D eigenvalue weighted by molar-refractivity contribution is 5.53. The second kappa shape index (κ2) is 5.55. The number of hydrogen-bond donors (Lipinski definition) is 1. The van der Waals surface area contributed by atoms with Crippen molar-refractivity contribution in [3.8, 4) is 0 Å². The number of rotatable bonds is 4. The molecule has 0 amide bonds. The summed E-state index contributed by atoms with van der Waals surface area (Å²) < 4.78 is 0. The Bertz CT molecular complexity index is 276. The first kappa shape index (κ1) is 10.0. The van der Waals surface area contributed by atoms with Crippen molar-refractivity contribution in [1.82, 2.24) is 5.32 Å². The van der Waals surface area contributed by atoms with Gasteiger partial charge in [0, 0.05) is 6.54 Å². The Kier molecular flexibility index (Phi) is 4.27. The average Bonchev–Trinajstić information content (AvgIpc) is 2.17. The van der Waals surface area contributed by atoms with Gasteiger partial charge in [0.05, 0.1) is 0 Å². The molecular weight excluding hydrogens is 158 g/mol. The smallest absolute Gasteiger partial charge is 0.0208 e. The third-order valence-electron chi connectivity index (χ3n) is 1.96. The monoisotopic (exact) mass is 175 g/mol. The van der Waals surface area contributed by atoms with E-state index in [1.807, 2.05) is 7.05 Å². The molecule has 1 heteroatoms. The maximum Gasteiger partial charge on any atom is 0.0208 e. The Balaban J connectivity index is 2.84. The Hall–Kier alpha value is -1.08. The normalized spacial score (nSPS) is 10.9. The quantitative estimate of drug-likeness (QED) is 0.742. The van der Waals surface area contributed by atoms with Crippen molar-refractivity contribution in [3.63, 3.8) is 0 Å². The minimum absolute atomic E-state index is 0.935. The van der Waals surface area contributed by atoms with Crippen LogP contribution in [-0.2, 0) is 6.54 Å². The van der Waals surface area contributed by atoms with E-state index in [0.717, 1.165) is 13.0 Å². The third-order valence-corrected chi connectivity index (χ3v) is 1.96. The molecule has 0 aromatic heterocycles. The van der Waals surface area contributed by atoms with Gasteiger partial charge in [0.1, 0.15) is 0 Å². The molecule has 0 aliphatic heterocycles. The third kappa shape index (κ3) is 3.03. The Morgan fingerprint density at radius 3 is 2.77 bits per heavy atom. The molecule has 0 heterocycles. The summed E-state index contributed by atoms with van der Waals surface area (Å²) in [5.74, 6) is 0. The minimum atomic E-state index is 0.935. The molecule has 0 atom stereocenters. The van der Waals surface area contributed by atoms with E-state index in [9.17, 15) is 0 Å². The van der Waals surface area contributed by atoms with Crippen molar-refractivity contribution in [2.24, 2.45) is 0 Å². The van der Waals surface area contributed by atoms with Gasteiger partial charge in [0.25, 0.3) is 0 Å². The van der Waals surface area contributed by atoms with E-state index in [1.165, 1.54) is 11.1 Å². The van der Waals surface area contributed by atoms with E-state index in [1.54, 1.807) is 0 Å². The van der Waals surface area contributed by atoms with Gasteiger partial charge < -0.3 is 5.32 Å². The van der Waals surface area contributed by atoms with E-state index in [2.05, 4.69) is 48.7 Å². The molecule has 0 unspecified atom stereocenters. The SMILES string of the molecule is CC/C=C\c1ccccc1CNC. The fourth-order valence-electron chi connectivity index (χ4n) is 1.29. The second-order valence-corrected chi connectivity index (χ2v) is 3.04. The predicted molar refractivity (Wildman–Crippen MR) is 58.5 cm³/mol. The molecule has 1 nitrogen and oxygen atoms in total. The van der Waals surface area contributed by atoms with Crippen LogP contribution in [0.1, 0.15) is 24.5 Å². The molecule has 0 radical (unpaired) electrons. The van der Waals surface area contributed by atoms with Crippen molar-refractivity contribution in [3.05, 3.63) is 41.5 Å². The van der Waals surface area contributed by atoms with Gasteiger partial charge in [-0.25, -0.2) is 0 Å². The number of hydrogen-bond acceptors (Lipinski definition) is 1. The Morgan fingerprint density at radius 1 is 1.31 bits per heavy atom. The van der Waals surface area contributed by atoms with E-state index in [-0.39, 0.29) is 0 Å². The van der Waals surface area contributed by atoms with Crippen LogP contribution in [0.3, 0.4) is 0 Å². The highest BCUT2D eigenvalue weighted by Gasteiger charge is 1.95. The molecule has 1 aromatic carbocycles. The molecule has 0 aliphatic rings. The van der Waals surface area contributed by atoms with Gasteiger partial charge in [-0.3, -0.25) is 0 Å². The summed E-state index contributed by atoms with van der Waals surface area (Å²) in [4.78, 5) is 0. The molecule has 13 heavy (non-hydrogen) atoms. The van der Waals surface area contributed by atoms with E-state index in [4.69, 9.17) is 0 Å². The molecule has 0 aliphatic carbocycles. The van der Waals surface area contributed by atoms with E-state index in [0.29, 0.717) is 0 Å². The minimum Gasteiger partial charge on any atom is -0.316 e. The van der Waals surface area contributed by atoms with Gasteiger partial charge in [0.2, 0.25) is 0 Å². The number of nitrogens with one attached hydrogen (secondary N) is 1. The lowest BCUT2D eigenvalue weighted by molar-refractivity contribution is 0.816. The number of allylic oxidation sites excluding steroid dienone is 1. The summed E-state index contributed by atoms with van der Waals surface area (Å²) in [6.07, 6.45) is 5.47. The second-order valence-electron chi connectivity index (χ2n) is 3.04. The lowest BCUT2D eigenvalue weighted by Gasteiger charge is -2.04. The van der Waals surface area contributed by atoms with Crippen molar-refractivity contribution in [2.75, 3.05) is 7.05 Å². The molecule has 0 spiro atoms. The maximum atomic E-state index is 3.17. The summed E-state index contributed by atoms with van der Waals surface area (Å²) in [7, 11) is 1.97. The van der Waals surface area contributed by atoms with Gasteiger partial charge in [-0.2, -0.15) is 0 Å². The molecule has 1 rings (SSSR count). The molecule has 70 valence electrons. The van der Waals surface area contributed by atoms with Crippen LogP contribution < -0.4 is 5.32 Å². The van der Waals surface area contributed by atoms with Crippen LogP contribution in [0.2, 0.25) is 0 Å². The maximum absolute atomic E-state index is 3.17. The van der Waals surface area contributed by atoms with Gasteiger partial charge in [-0.15, -0.1) is 0 Å². The molecule has 1 aromatic rings. The zero-order valence-electron chi connectivity index (χ0n) is 8.38. The first-order valence-corrected chi connectivity index (χ1v) is 4.77. The van der Waals surface area contributed by atoms with Crippen LogP contribution in [-0.4, -0.2) is 7.05 Å². The summed E-state index contributed by atoms with van der Waals surface area (Å²) in [6, 6.07) is 8.47. The highest BCUT2D eigenvalue weighted by atomic mass is 14.8. The summed E-state index contributed by atoms with van der Waals surface area (Å²) >= 11 is 0. The first-order valence-electron chi connectivity index (χ1n) is 4.77. The molecular formula is C12H17N.